The summed E-state index contributed by atoms with van der Waals surface area (Å²) in [4.78, 5) is 17.2. The number of hydrogen-bond donors (Lipinski definition) is 2. The van der Waals surface area contributed by atoms with Crippen LogP contribution in [0.1, 0.15) is 47.0 Å². The number of unbranched alkanes of at least 4 members (excludes halogenated alkanes) is 2. The van der Waals surface area contributed by atoms with Gasteiger partial charge in [-0.05, 0) is 38.2 Å². The van der Waals surface area contributed by atoms with Gasteiger partial charge in [0.25, 0.3) is 0 Å². The van der Waals surface area contributed by atoms with Crippen molar-refractivity contribution >= 4 is 22.4 Å². The second kappa shape index (κ2) is 13.1. The van der Waals surface area contributed by atoms with Crippen molar-refractivity contribution in [1.82, 2.24) is 14.5 Å². The van der Waals surface area contributed by atoms with Crippen LogP contribution >= 0.6 is 0 Å². The molecule has 2 aromatic carbocycles. The summed E-state index contributed by atoms with van der Waals surface area (Å²) in [7, 11) is 3.87. The minimum atomic E-state index is -0.713. The first-order chi connectivity index (χ1) is 16.2. The Morgan fingerprint density at radius 1 is 1.09 bits per heavy atom. The summed E-state index contributed by atoms with van der Waals surface area (Å²) in [6.45, 7) is 10.2. The minimum absolute atomic E-state index is 0.118. The van der Waals surface area contributed by atoms with Gasteiger partial charge in [0, 0.05) is 25.2 Å². The van der Waals surface area contributed by atoms with Crippen LogP contribution in [0.3, 0.4) is 0 Å². The first-order valence-corrected chi connectivity index (χ1v) is 11.9. The molecule has 3 aromatic rings. The second-order valence-electron chi connectivity index (χ2n) is 9.05. The Balaban J connectivity index is 0.000000739. The molecule has 0 saturated heterocycles. The third-order valence-corrected chi connectivity index (χ3v) is 5.13. The van der Waals surface area contributed by atoms with Crippen LogP contribution in [0.2, 0.25) is 0 Å². The van der Waals surface area contributed by atoms with Gasteiger partial charge in [0.15, 0.2) is 0 Å². The number of ether oxygens (including phenoxy) is 1. The SMILES string of the molecule is CC(C)Cn1c(=O)[nH]c2cc(Nc3ccc(F)cc3F)c(OCCN(C)C)cc21.CCCCC. The summed E-state index contributed by atoms with van der Waals surface area (Å²) in [5.41, 5.74) is 1.72. The van der Waals surface area contributed by atoms with Gasteiger partial charge >= 0.3 is 5.69 Å². The highest BCUT2D eigenvalue weighted by Crippen LogP contribution is 2.33. The molecule has 6 nitrogen and oxygen atoms in total. The maximum atomic E-state index is 14.1. The van der Waals surface area contributed by atoms with Gasteiger partial charge < -0.3 is 19.9 Å². The number of aromatic amines is 1. The Hall–Kier alpha value is -2.87. The Bertz CT molecular complexity index is 1100. The van der Waals surface area contributed by atoms with E-state index in [0.29, 0.717) is 42.2 Å². The highest BCUT2D eigenvalue weighted by molar-refractivity contribution is 5.85. The predicted octanol–water partition coefficient (Wildman–Crippen LogP) is 6.14. The zero-order valence-corrected chi connectivity index (χ0v) is 21.2. The van der Waals surface area contributed by atoms with E-state index in [1.54, 1.807) is 16.7 Å². The molecule has 34 heavy (non-hydrogen) atoms. The van der Waals surface area contributed by atoms with E-state index in [1.165, 1.54) is 31.4 Å². The van der Waals surface area contributed by atoms with Gasteiger partial charge in [-0.25, -0.2) is 13.6 Å². The topological polar surface area (TPSA) is 62.3 Å². The fourth-order valence-corrected chi connectivity index (χ4v) is 3.38. The third-order valence-electron chi connectivity index (χ3n) is 5.13. The lowest BCUT2D eigenvalue weighted by Crippen LogP contribution is -2.20. The fraction of sp³-hybridized carbons (Fsp3) is 0.500. The molecule has 0 amide bonds. The van der Waals surface area contributed by atoms with Crippen molar-refractivity contribution in [2.24, 2.45) is 5.92 Å². The van der Waals surface area contributed by atoms with E-state index >= 15 is 0 Å². The van der Waals surface area contributed by atoms with Crippen LogP contribution in [0, 0.1) is 17.6 Å². The largest absolute Gasteiger partial charge is 0.490 e. The molecule has 0 aliphatic heterocycles. The van der Waals surface area contributed by atoms with Crippen molar-refractivity contribution < 1.29 is 13.5 Å². The summed E-state index contributed by atoms with van der Waals surface area (Å²) in [6.07, 6.45) is 4.08. The van der Waals surface area contributed by atoms with Crippen LogP contribution in [0.25, 0.3) is 11.0 Å². The Labute approximate surface area is 200 Å². The van der Waals surface area contributed by atoms with Gasteiger partial charge in [-0.2, -0.15) is 0 Å². The molecule has 0 aliphatic carbocycles. The molecular weight excluding hydrogens is 438 g/mol. The molecule has 0 atom stereocenters. The summed E-state index contributed by atoms with van der Waals surface area (Å²) in [5, 5.41) is 2.96. The van der Waals surface area contributed by atoms with Crippen molar-refractivity contribution in [1.29, 1.82) is 0 Å². The summed E-state index contributed by atoms with van der Waals surface area (Å²) < 4.78 is 35.0. The van der Waals surface area contributed by atoms with Gasteiger partial charge in [0.05, 0.1) is 22.4 Å². The van der Waals surface area contributed by atoms with E-state index in [9.17, 15) is 13.6 Å². The van der Waals surface area contributed by atoms with Crippen molar-refractivity contribution in [3.8, 4) is 5.75 Å². The number of halogens is 2. The predicted molar refractivity (Wildman–Crippen MR) is 136 cm³/mol. The molecule has 0 unspecified atom stereocenters. The number of hydrogen-bond acceptors (Lipinski definition) is 4. The number of H-pyrrole nitrogens is 1. The quantitative estimate of drug-likeness (QED) is 0.369. The number of nitrogens with one attached hydrogen (secondary N) is 2. The van der Waals surface area contributed by atoms with E-state index in [1.807, 2.05) is 32.8 Å². The maximum Gasteiger partial charge on any atom is 0.326 e. The van der Waals surface area contributed by atoms with Gasteiger partial charge in [-0.3, -0.25) is 4.57 Å². The molecule has 2 N–H and O–H groups in total. The van der Waals surface area contributed by atoms with Crippen LogP contribution in [-0.2, 0) is 6.54 Å². The van der Waals surface area contributed by atoms with E-state index in [2.05, 4.69) is 24.1 Å². The Morgan fingerprint density at radius 2 is 1.79 bits per heavy atom. The van der Waals surface area contributed by atoms with E-state index in [-0.39, 0.29) is 17.3 Å². The molecule has 0 bridgehead atoms. The highest BCUT2D eigenvalue weighted by Gasteiger charge is 2.15. The van der Waals surface area contributed by atoms with Crippen molar-refractivity contribution in [3.05, 3.63) is 52.5 Å². The van der Waals surface area contributed by atoms with Gasteiger partial charge in [-0.1, -0.05) is 47.0 Å². The van der Waals surface area contributed by atoms with Gasteiger partial charge in [0.1, 0.15) is 24.0 Å². The van der Waals surface area contributed by atoms with E-state index in [4.69, 9.17) is 4.74 Å². The van der Waals surface area contributed by atoms with E-state index < -0.39 is 11.6 Å². The first kappa shape index (κ1) is 27.4. The maximum absolute atomic E-state index is 14.1. The van der Waals surface area contributed by atoms with Gasteiger partial charge in [-0.15, -0.1) is 0 Å². The molecule has 0 saturated carbocycles. The third kappa shape index (κ3) is 7.87. The fourth-order valence-electron chi connectivity index (χ4n) is 3.38. The molecule has 0 radical (unpaired) electrons. The Kier molecular flexibility index (Phi) is 10.6. The van der Waals surface area contributed by atoms with Crippen molar-refractivity contribution in [2.75, 3.05) is 32.6 Å². The van der Waals surface area contributed by atoms with Crippen LogP contribution < -0.4 is 15.7 Å². The standard InChI is InChI=1S/C21H26F2N4O2.C5H12/c1-13(2)12-27-19-11-20(29-8-7-26(3)4)18(10-17(19)25-21(27)28)24-16-6-5-14(22)9-15(16)23;1-3-5-4-2/h5-6,9-11,13,24H,7-8,12H2,1-4H3,(H,25,28);3-5H2,1-2H3. The molecule has 0 fully saturated rings. The number of nitrogens with zero attached hydrogens (tertiary/aromatic N) is 2. The normalized spacial score (nSPS) is 11.1. The molecule has 0 aliphatic rings. The zero-order valence-electron chi connectivity index (χ0n) is 21.2. The number of likely N-dealkylation sites (N-methyl/N-ethyl adjacent to an activating group) is 1. The smallest absolute Gasteiger partial charge is 0.326 e. The lowest BCUT2D eigenvalue weighted by Gasteiger charge is -2.16. The molecule has 1 heterocycles. The first-order valence-electron chi connectivity index (χ1n) is 11.9. The molecule has 3 rings (SSSR count). The number of aromatic nitrogens is 2. The second-order valence-corrected chi connectivity index (χ2v) is 9.05. The van der Waals surface area contributed by atoms with Gasteiger partial charge in [0.2, 0.25) is 0 Å². The van der Waals surface area contributed by atoms with Crippen LogP contribution in [-0.4, -0.2) is 41.7 Å². The summed E-state index contributed by atoms with van der Waals surface area (Å²) in [5.74, 6) is -0.591. The number of fused-ring (bicyclic) bond motifs is 1. The van der Waals surface area contributed by atoms with Crippen molar-refractivity contribution in [2.45, 2.75) is 53.5 Å². The summed E-state index contributed by atoms with van der Waals surface area (Å²) >= 11 is 0. The molecular formula is C26H38F2N4O2. The summed E-state index contributed by atoms with van der Waals surface area (Å²) in [6, 6.07) is 6.80. The van der Waals surface area contributed by atoms with Crippen LogP contribution in [0.5, 0.6) is 5.75 Å². The molecule has 188 valence electrons. The number of benzene rings is 2. The highest BCUT2D eigenvalue weighted by atomic mass is 19.1. The molecule has 1 aromatic heterocycles. The lowest BCUT2D eigenvalue weighted by atomic mass is 10.2. The molecule has 0 spiro atoms. The number of rotatable bonds is 10. The molecule has 8 heteroatoms. The average molecular weight is 477 g/mol. The zero-order chi connectivity index (χ0) is 25.3. The number of imidazole rings is 1. The lowest BCUT2D eigenvalue weighted by molar-refractivity contribution is 0.262. The number of anilines is 2. The monoisotopic (exact) mass is 476 g/mol. The van der Waals surface area contributed by atoms with Crippen LogP contribution in [0.4, 0.5) is 20.2 Å². The Morgan fingerprint density at radius 3 is 2.35 bits per heavy atom. The van der Waals surface area contributed by atoms with E-state index in [0.717, 1.165) is 6.07 Å². The van der Waals surface area contributed by atoms with Crippen LogP contribution in [0.15, 0.2) is 35.1 Å². The van der Waals surface area contributed by atoms with Crippen molar-refractivity contribution in [3.63, 3.8) is 0 Å². The average Bonchev–Trinajstić information content (AvgIpc) is 3.04. The minimum Gasteiger partial charge on any atom is -0.490 e.